The summed E-state index contributed by atoms with van der Waals surface area (Å²) in [4.78, 5) is 25.5. The van der Waals surface area contributed by atoms with Gasteiger partial charge in [0, 0.05) is 13.6 Å². The van der Waals surface area contributed by atoms with E-state index in [4.69, 9.17) is 5.11 Å². The SMILES string of the molecule is CC(C(=O)O)N(C)C1CCN(C)C1=O. The molecule has 1 saturated heterocycles. The van der Waals surface area contributed by atoms with Crippen molar-refractivity contribution in [2.24, 2.45) is 0 Å². The van der Waals surface area contributed by atoms with Gasteiger partial charge in [-0.05, 0) is 20.4 Å². The molecule has 5 heteroatoms. The molecule has 0 aromatic rings. The fourth-order valence-corrected chi connectivity index (χ4v) is 1.63. The molecule has 0 aliphatic carbocycles. The van der Waals surface area contributed by atoms with Crippen LogP contribution in [0, 0.1) is 0 Å². The Balaban J connectivity index is 2.66. The predicted octanol–water partition coefficient (Wildman–Crippen LogP) is -0.378. The monoisotopic (exact) mass is 200 g/mol. The highest BCUT2D eigenvalue weighted by atomic mass is 16.4. The number of nitrogens with zero attached hydrogens (tertiary/aromatic N) is 2. The Bertz CT molecular complexity index is 254. The number of carbonyl (C=O) groups is 2. The average molecular weight is 200 g/mol. The summed E-state index contributed by atoms with van der Waals surface area (Å²) < 4.78 is 0. The average Bonchev–Trinajstić information content (AvgIpc) is 2.45. The summed E-state index contributed by atoms with van der Waals surface area (Å²) in [6.07, 6.45) is 0.712. The van der Waals surface area contributed by atoms with Crippen molar-refractivity contribution in [3.8, 4) is 0 Å². The highest BCUT2D eigenvalue weighted by molar-refractivity contribution is 5.84. The van der Waals surface area contributed by atoms with Crippen LogP contribution in [0.15, 0.2) is 0 Å². The van der Waals surface area contributed by atoms with Gasteiger partial charge in [-0.25, -0.2) is 0 Å². The van der Waals surface area contributed by atoms with Crippen LogP contribution in [0.4, 0.5) is 0 Å². The molecule has 0 radical (unpaired) electrons. The first kappa shape index (κ1) is 11.0. The molecule has 80 valence electrons. The molecule has 0 aromatic heterocycles. The number of aliphatic carboxylic acids is 1. The van der Waals surface area contributed by atoms with Crippen molar-refractivity contribution in [3.63, 3.8) is 0 Å². The Labute approximate surface area is 83.3 Å². The van der Waals surface area contributed by atoms with Crippen LogP contribution in [0.2, 0.25) is 0 Å². The molecule has 2 unspecified atom stereocenters. The van der Waals surface area contributed by atoms with Crippen molar-refractivity contribution < 1.29 is 14.7 Å². The molecule has 2 atom stereocenters. The second-order valence-electron chi connectivity index (χ2n) is 3.74. The van der Waals surface area contributed by atoms with Crippen molar-refractivity contribution in [1.82, 2.24) is 9.80 Å². The van der Waals surface area contributed by atoms with E-state index in [0.29, 0.717) is 13.0 Å². The summed E-state index contributed by atoms with van der Waals surface area (Å²) in [6, 6.07) is -0.887. The molecule has 1 aliphatic heterocycles. The second kappa shape index (κ2) is 3.96. The van der Waals surface area contributed by atoms with Crippen molar-refractivity contribution in [1.29, 1.82) is 0 Å². The number of hydrogen-bond donors (Lipinski definition) is 1. The topological polar surface area (TPSA) is 60.9 Å². The standard InChI is InChI=1S/C9H16N2O3/c1-6(9(13)14)11(3)7-4-5-10(2)8(7)12/h6-7H,4-5H2,1-3H3,(H,13,14). The zero-order valence-corrected chi connectivity index (χ0v) is 8.73. The Morgan fingerprint density at radius 1 is 1.71 bits per heavy atom. The van der Waals surface area contributed by atoms with Gasteiger partial charge in [-0.1, -0.05) is 0 Å². The lowest BCUT2D eigenvalue weighted by Crippen LogP contribution is -2.46. The third-order valence-corrected chi connectivity index (χ3v) is 2.86. The number of amides is 1. The van der Waals surface area contributed by atoms with E-state index in [1.54, 1.807) is 30.8 Å². The van der Waals surface area contributed by atoms with E-state index in [9.17, 15) is 9.59 Å². The van der Waals surface area contributed by atoms with Gasteiger partial charge in [0.25, 0.3) is 0 Å². The van der Waals surface area contributed by atoms with Crippen LogP contribution >= 0.6 is 0 Å². The first-order chi connectivity index (χ1) is 6.45. The number of likely N-dealkylation sites (N-methyl/N-ethyl adjacent to an activating group) is 2. The van der Waals surface area contributed by atoms with Gasteiger partial charge in [0.1, 0.15) is 6.04 Å². The summed E-state index contributed by atoms with van der Waals surface area (Å²) in [5, 5.41) is 8.80. The Morgan fingerprint density at radius 2 is 2.29 bits per heavy atom. The molecule has 0 aromatic carbocycles. The molecule has 0 spiro atoms. The fraction of sp³-hybridized carbons (Fsp3) is 0.778. The van der Waals surface area contributed by atoms with Crippen molar-refractivity contribution in [3.05, 3.63) is 0 Å². The molecule has 5 nitrogen and oxygen atoms in total. The third kappa shape index (κ3) is 1.87. The minimum absolute atomic E-state index is 0.0144. The Kier molecular flexibility index (Phi) is 3.10. The van der Waals surface area contributed by atoms with Gasteiger partial charge in [-0.2, -0.15) is 0 Å². The highest BCUT2D eigenvalue weighted by Gasteiger charge is 2.35. The van der Waals surface area contributed by atoms with Crippen LogP contribution in [0.25, 0.3) is 0 Å². The zero-order valence-electron chi connectivity index (χ0n) is 8.73. The van der Waals surface area contributed by atoms with E-state index >= 15 is 0 Å². The van der Waals surface area contributed by atoms with Crippen LogP contribution in [-0.4, -0.2) is 59.5 Å². The Hall–Kier alpha value is -1.10. The molecule has 1 heterocycles. The summed E-state index contributed by atoms with van der Waals surface area (Å²) in [7, 11) is 3.42. The molecular weight excluding hydrogens is 184 g/mol. The molecule has 14 heavy (non-hydrogen) atoms. The predicted molar refractivity (Wildman–Crippen MR) is 50.9 cm³/mol. The molecular formula is C9H16N2O3. The highest BCUT2D eigenvalue weighted by Crippen LogP contribution is 2.16. The number of rotatable bonds is 3. The molecule has 1 rings (SSSR count). The van der Waals surface area contributed by atoms with Crippen LogP contribution in [0.5, 0.6) is 0 Å². The molecule has 1 N–H and O–H groups in total. The van der Waals surface area contributed by atoms with Crippen molar-refractivity contribution in [2.45, 2.75) is 25.4 Å². The number of hydrogen-bond acceptors (Lipinski definition) is 3. The lowest BCUT2D eigenvalue weighted by atomic mass is 10.2. The van der Waals surface area contributed by atoms with Crippen LogP contribution in [-0.2, 0) is 9.59 Å². The quantitative estimate of drug-likeness (QED) is 0.674. The van der Waals surface area contributed by atoms with Gasteiger partial charge in [-0.3, -0.25) is 14.5 Å². The zero-order chi connectivity index (χ0) is 10.9. The van der Waals surface area contributed by atoms with E-state index in [1.807, 2.05) is 0 Å². The van der Waals surface area contributed by atoms with E-state index < -0.39 is 12.0 Å². The van der Waals surface area contributed by atoms with Gasteiger partial charge in [0.2, 0.25) is 5.91 Å². The van der Waals surface area contributed by atoms with Gasteiger partial charge in [0.15, 0.2) is 0 Å². The maximum absolute atomic E-state index is 11.6. The molecule has 1 fully saturated rings. The van der Waals surface area contributed by atoms with E-state index in [-0.39, 0.29) is 11.9 Å². The summed E-state index contributed by atoms with van der Waals surface area (Å²) in [6.45, 7) is 2.30. The van der Waals surface area contributed by atoms with E-state index in [0.717, 1.165) is 0 Å². The first-order valence-corrected chi connectivity index (χ1v) is 4.65. The van der Waals surface area contributed by atoms with Gasteiger partial charge >= 0.3 is 5.97 Å². The summed E-state index contributed by atoms with van der Waals surface area (Å²) in [5.41, 5.74) is 0. The maximum Gasteiger partial charge on any atom is 0.320 e. The summed E-state index contributed by atoms with van der Waals surface area (Å²) >= 11 is 0. The van der Waals surface area contributed by atoms with Gasteiger partial charge < -0.3 is 10.0 Å². The largest absolute Gasteiger partial charge is 0.480 e. The fourth-order valence-electron chi connectivity index (χ4n) is 1.63. The maximum atomic E-state index is 11.6. The minimum Gasteiger partial charge on any atom is -0.480 e. The van der Waals surface area contributed by atoms with Crippen LogP contribution < -0.4 is 0 Å². The molecule has 1 aliphatic rings. The number of carbonyl (C=O) groups excluding carboxylic acids is 1. The number of likely N-dealkylation sites (tertiary alicyclic amines) is 1. The normalized spacial score (nSPS) is 24.4. The lowest BCUT2D eigenvalue weighted by molar-refractivity contribution is -0.144. The first-order valence-electron chi connectivity index (χ1n) is 4.65. The van der Waals surface area contributed by atoms with Gasteiger partial charge in [0.05, 0.1) is 6.04 Å². The van der Waals surface area contributed by atoms with Crippen LogP contribution in [0.1, 0.15) is 13.3 Å². The van der Waals surface area contributed by atoms with Crippen LogP contribution in [0.3, 0.4) is 0 Å². The van der Waals surface area contributed by atoms with Crippen molar-refractivity contribution >= 4 is 11.9 Å². The number of carboxylic acids is 1. The third-order valence-electron chi connectivity index (χ3n) is 2.86. The lowest BCUT2D eigenvalue weighted by Gasteiger charge is -2.26. The molecule has 1 amide bonds. The second-order valence-corrected chi connectivity index (χ2v) is 3.74. The molecule has 0 bridgehead atoms. The summed E-state index contributed by atoms with van der Waals surface area (Å²) in [5.74, 6) is -0.879. The Morgan fingerprint density at radius 3 is 2.64 bits per heavy atom. The van der Waals surface area contributed by atoms with Crippen molar-refractivity contribution in [2.75, 3.05) is 20.6 Å². The van der Waals surface area contributed by atoms with Gasteiger partial charge in [-0.15, -0.1) is 0 Å². The van der Waals surface area contributed by atoms with E-state index in [1.165, 1.54) is 0 Å². The number of carboxylic acid groups (broad SMARTS) is 1. The van der Waals surface area contributed by atoms with E-state index in [2.05, 4.69) is 0 Å². The molecule has 0 saturated carbocycles. The minimum atomic E-state index is -0.894. The smallest absolute Gasteiger partial charge is 0.320 e.